The van der Waals surface area contributed by atoms with Gasteiger partial charge in [-0.25, -0.2) is 4.39 Å². The van der Waals surface area contributed by atoms with Crippen LogP contribution in [0.3, 0.4) is 0 Å². The number of halogens is 1. The first-order chi connectivity index (χ1) is 7.80. The van der Waals surface area contributed by atoms with Crippen LogP contribution >= 0.6 is 0 Å². The van der Waals surface area contributed by atoms with Gasteiger partial charge in [-0.2, -0.15) is 0 Å². The summed E-state index contributed by atoms with van der Waals surface area (Å²) in [5.74, 6) is 0.385. The van der Waals surface area contributed by atoms with E-state index >= 15 is 0 Å². The lowest BCUT2D eigenvalue weighted by atomic mass is 9.78. The first kappa shape index (κ1) is 14.2. The lowest BCUT2D eigenvalue weighted by Crippen LogP contribution is -2.30. The predicted molar refractivity (Wildman–Crippen MR) is 71.3 cm³/mol. The van der Waals surface area contributed by atoms with E-state index in [-0.39, 0.29) is 17.3 Å². The van der Waals surface area contributed by atoms with Crippen LogP contribution in [0.1, 0.15) is 39.7 Å². The van der Waals surface area contributed by atoms with E-state index in [1.165, 1.54) is 6.07 Å². The minimum atomic E-state index is -0.147. The monoisotopic (exact) mass is 237 g/mol. The molecule has 0 bridgehead atoms. The van der Waals surface area contributed by atoms with Gasteiger partial charge in [-0.3, -0.25) is 0 Å². The van der Waals surface area contributed by atoms with Crippen molar-refractivity contribution in [3.63, 3.8) is 0 Å². The van der Waals surface area contributed by atoms with E-state index in [9.17, 15) is 4.39 Å². The number of rotatable bonds is 4. The molecular formula is C15H24FN. The molecule has 2 unspecified atom stereocenters. The van der Waals surface area contributed by atoms with Crippen LogP contribution < -0.4 is 5.73 Å². The van der Waals surface area contributed by atoms with Gasteiger partial charge in [0, 0.05) is 6.04 Å². The van der Waals surface area contributed by atoms with Gasteiger partial charge in [0.1, 0.15) is 5.82 Å². The summed E-state index contributed by atoms with van der Waals surface area (Å²) in [6.45, 7) is 8.86. The van der Waals surface area contributed by atoms with Gasteiger partial charge in [0.05, 0.1) is 0 Å². The maximum atomic E-state index is 13.5. The van der Waals surface area contributed by atoms with E-state index in [1.807, 2.05) is 12.1 Å². The number of hydrogen-bond donors (Lipinski definition) is 1. The third-order valence-corrected chi connectivity index (χ3v) is 3.57. The quantitative estimate of drug-likeness (QED) is 0.847. The van der Waals surface area contributed by atoms with Gasteiger partial charge in [-0.15, -0.1) is 0 Å². The smallest absolute Gasteiger partial charge is 0.126 e. The van der Waals surface area contributed by atoms with Crippen molar-refractivity contribution in [1.29, 1.82) is 0 Å². The highest BCUT2D eigenvalue weighted by molar-refractivity contribution is 5.18. The highest BCUT2D eigenvalue weighted by Gasteiger charge is 2.22. The van der Waals surface area contributed by atoms with Crippen LogP contribution in [-0.2, 0) is 6.42 Å². The second-order valence-electron chi connectivity index (χ2n) is 6.06. The summed E-state index contributed by atoms with van der Waals surface area (Å²) in [4.78, 5) is 0. The van der Waals surface area contributed by atoms with Crippen molar-refractivity contribution in [3.8, 4) is 0 Å². The molecule has 0 fully saturated rings. The zero-order valence-electron chi connectivity index (χ0n) is 11.3. The van der Waals surface area contributed by atoms with Crippen molar-refractivity contribution >= 4 is 0 Å². The lowest BCUT2D eigenvalue weighted by molar-refractivity contribution is 0.232. The molecule has 0 saturated heterocycles. The predicted octanol–water partition coefficient (Wildman–Crippen LogP) is 3.77. The summed E-state index contributed by atoms with van der Waals surface area (Å²) >= 11 is 0. The van der Waals surface area contributed by atoms with E-state index in [1.54, 1.807) is 6.07 Å². The summed E-state index contributed by atoms with van der Waals surface area (Å²) in [5, 5.41) is 0. The summed E-state index contributed by atoms with van der Waals surface area (Å²) in [6, 6.07) is 6.91. The van der Waals surface area contributed by atoms with Gasteiger partial charge in [0.15, 0.2) is 0 Å². The van der Waals surface area contributed by atoms with E-state index in [2.05, 4.69) is 27.7 Å². The first-order valence-electron chi connectivity index (χ1n) is 6.29. The van der Waals surface area contributed by atoms with Crippen LogP contribution in [0.25, 0.3) is 0 Å². The largest absolute Gasteiger partial charge is 0.327 e. The molecule has 0 amide bonds. The van der Waals surface area contributed by atoms with Gasteiger partial charge in [0.25, 0.3) is 0 Å². The van der Waals surface area contributed by atoms with Crippen LogP contribution in [0.5, 0.6) is 0 Å². The molecule has 0 saturated carbocycles. The van der Waals surface area contributed by atoms with Crippen LogP contribution in [0, 0.1) is 17.2 Å². The molecule has 96 valence electrons. The summed E-state index contributed by atoms with van der Waals surface area (Å²) in [5.41, 5.74) is 7.09. The van der Waals surface area contributed by atoms with Gasteiger partial charge in [-0.1, -0.05) is 45.9 Å². The number of benzene rings is 1. The van der Waals surface area contributed by atoms with E-state index in [0.29, 0.717) is 12.3 Å². The molecular weight excluding hydrogens is 213 g/mol. The average Bonchev–Trinajstić information content (AvgIpc) is 2.20. The molecule has 0 spiro atoms. The third kappa shape index (κ3) is 4.47. The maximum Gasteiger partial charge on any atom is 0.126 e. The normalized spacial score (nSPS) is 15.6. The Bertz CT molecular complexity index is 354. The van der Waals surface area contributed by atoms with Crippen LogP contribution in [-0.4, -0.2) is 6.04 Å². The summed E-state index contributed by atoms with van der Waals surface area (Å²) in [7, 11) is 0. The molecule has 0 aliphatic carbocycles. The zero-order valence-corrected chi connectivity index (χ0v) is 11.3. The van der Waals surface area contributed by atoms with Crippen LogP contribution in [0.4, 0.5) is 4.39 Å². The van der Waals surface area contributed by atoms with Crippen molar-refractivity contribution in [2.24, 2.45) is 17.1 Å². The van der Waals surface area contributed by atoms with Crippen LogP contribution in [0.15, 0.2) is 24.3 Å². The molecule has 2 heteroatoms. The average molecular weight is 237 g/mol. The van der Waals surface area contributed by atoms with Gasteiger partial charge < -0.3 is 5.73 Å². The molecule has 1 rings (SSSR count). The Morgan fingerprint density at radius 1 is 1.24 bits per heavy atom. The molecule has 1 aromatic carbocycles. The molecule has 0 aliphatic rings. The fourth-order valence-corrected chi connectivity index (χ4v) is 1.84. The third-order valence-electron chi connectivity index (χ3n) is 3.57. The second kappa shape index (κ2) is 5.63. The molecule has 0 radical (unpaired) electrons. The van der Waals surface area contributed by atoms with Crippen molar-refractivity contribution in [2.45, 2.75) is 46.6 Å². The summed E-state index contributed by atoms with van der Waals surface area (Å²) < 4.78 is 13.5. The SMILES string of the molecule is CC(CC(N)Cc1ccccc1F)C(C)(C)C. The molecule has 1 nitrogen and oxygen atoms in total. The minimum Gasteiger partial charge on any atom is -0.327 e. The first-order valence-corrected chi connectivity index (χ1v) is 6.29. The Labute approximate surface area is 104 Å². The molecule has 0 heterocycles. The maximum absolute atomic E-state index is 13.5. The molecule has 0 aromatic heterocycles. The topological polar surface area (TPSA) is 26.0 Å². The molecule has 1 aromatic rings. The van der Waals surface area contributed by atoms with Crippen molar-refractivity contribution in [2.75, 3.05) is 0 Å². The highest BCUT2D eigenvalue weighted by Crippen LogP contribution is 2.29. The Morgan fingerprint density at radius 2 is 1.82 bits per heavy atom. The highest BCUT2D eigenvalue weighted by atomic mass is 19.1. The van der Waals surface area contributed by atoms with E-state index < -0.39 is 0 Å². The standard InChI is InChI=1S/C15H24FN/c1-11(15(2,3)4)9-13(17)10-12-7-5-6-8-14(12)16/h5-8,11,13H,9-10,17H2,1-4H3. The Kier molecular flexibility index (Phi) is 4.70. The van der Waals surface area contributed by atoms with Gasteiger partial charge >= 0.3 is 0 Å². The van der Waals surface area contributed by atoms with E-state index in [4.69, 9.17) is 5.73 Å². The van der Waals surface area contributed by atoms with Crippen molar-refractivity contribution in [3.05, 3.63) is 35.6 Å². The van der Waals surface area contributed by atoms with Gasteiger partial charge in [-0.05, 0) is 35.8 Å². The Morgan fingerprint density at radius 3 is 2.35 bits per heavy atom. The van der Waals surface area contributed by atoms with Gasteiger partial charge in [0.2, 0.25) is 0 Å². The molecule has 2 atom stereocenters. The molecule has 2 N–H and O–H groups in total. The fraction of sp³-hybridized carbons (Fsp3) is 0.600. The fourth-order valence-electron chi connectivity index (χ4n) is 1.84. The minimum absolute atomic E-state index is 0.0288. The van der Waals surface area contributed by atoms with Crippen molar-refractivity contribution < 1.29 is 4.39 Å². The lowest BCUT2D eigenvalue weighted by Gasteiger charge is -2.29. The summed E-state index contributed by atoms with van der Waals surface area (Å²) in [6.07, 6.45) is 1.55. The molecule has 17 heavy (non-hydrogen) atoms. The second-order valence-corrected chi connectivity index (χ2v) is 6.06. The Hall–Kier alpha value is -0.890. The zero-order chi connectivity index (χ0) is 13.1. The number of nitrogens with two attached hydrogens (primary N) is 1. The Balaban J connectivity index is 2.56. The number of hydrogen-bond acceptors (Lipinski definition) is 1. The van der Waals surface area contributed by atoms with Crippen molar-refractivity contribution in [1.82, 2.24) is 0 Å². The van der Waals surface area contributed by atoms with Crippen LogP contribution in [0.2, 0.25) is 0 Å². The van der Waals surface area contributed by atoms with E-state index in [0.717, 1.165) is 12.0 Å². The molecule has 0 aliphatic heterocycles.